The molecule has 0 bridgehead atoms. The van der Waals surface area contributed by atoms with Crippen LogP contribution < -0.4 is 5.32 Å². The number of ether oxygens (including phenoxy) is 1. The van der Waals surface area contributed by atoms with E-state index in [0.29, 0.717) is 0 Å². The number of carbonyl (C=O) groups is 2. The van der Waals surface area contributed by atoms with Crippen LogP contribution in [0.2, 0.25) is 0 Å². The van der Waals surface area contributed by atoms with Crippen LogP contribution in [-0.2, 0) is 9.53 Å². The summed E-state index contributed by atoms with van der Waals surface area (Å²) in [5, 5.41) is 5.44. The molecule has 2 rings (SSSR count). The Labute approximate surface area is 133 Å². The van der Waals surface area contributed by atoms with Crippen molar-refractivity contribution in [2.24, 2.45) is 0 Å². The highest BCUT2D eigenvalue weighted by Gasteiger charge is 2.47. The van der Waals surface area contributed by atoms with Gasteiger partial charge in [0, 0.05) is 5.56 Å². The summed E-state index contributed by atoms with van der Waals surface area (Å²) in [4.78, 5) is 23.1. The van der Waals surface area contributed by atoms with Crippen LogP contribution in [0.1, 0.15) is 10.4 Å². The molecule has 0 aliphatic rings. The Morgan fingerprint density at radius 3 is 2.26 bits per heavy atom. The molecule has 0 aliphatic carbocycles. The zero-order chi connectivity index (χ0) is 17.0. The van der Waals surface area contributed by atoms with Crippen LogP contribution >= 0.6 is 11.3 Å². The second-order valence-electron chi connectivity index (χ2n) is 4.56. The number of methoxy groups -OCH3 is 1. The van der Waals surface area contributed by atoms with Gasteiger partial charge in [-0.2, -0.15) is 24.5 Å². The minimum atomic E-state index is -4.93. The van der Waals surface area contributed by atoms with Gasteiger partial charge in [0.25, 0.3) is 5.91 Å². The van der Waals surface area contributed by atoms with E-state index in [-0.39, 0.29) is 5.56 Å². The molecular weight excluding hydrogens is 331 g/mol. The molecule has 2 aromatic rings. The SMILES string of the molecule is COC(=O)C(NC(=O)c1ccc(-c2ccsc2)cc1)C(F)(F)F. The van der Waals surface area contributed by atoms with Gasteiger partial charge in [-0.3, -0.25) is 4.79 Å². The maximum Gasteiger partial charge on any atom is 0.419 e. The minimum Gasteiger partial charge on any atom is -0.467 e. The zero-order valence-corrected chi connectivity index (χ0v) is 12.7. The molecule has 8 heteroatoms. The normalized spacial score (nSPS) is 12.5. The fourth-order valence-electron chi connectivity index (χ4n) is 1.85. The van der Waals surface area contributed by atoms with Crippen LogP contribution in [0.3, 0.4) is 0 Å². The topological polar surface area (TPSA) is 55.4 Å². The Bertz CT molecular complexity index is 681. The van der Waals surface area contributed by atoms with Gasteiger partial charge >= 0.3 is 12.1 Å². The van der Waals surface area contributed by atoms with Crippen molar-refractivity contribution >= 4 is 23.2 Å². The number of rotatable bonds is 4. The van der Waals surface area contributed by atoms with Gasteiger partial charge in [0.1, 0.15) is 0 Å². The third-order valence-corrected chi connectivity index (χ3v) is 3.72. The minimum absolute atomic E-state index is 0.0159. The van der Waals surface area contributed by atoms with E-state index in [0.717, 1.165) is 18.2 Å². The van der Waals surface area contributed by atoms with E-state index in [1.165, 1.54) is 23.5 Å². The van der Waals surface area contributed by atoms with Gasteiger partial charge in [-0.05, 0) is 40.1 Å². The van der Waals surface area contributed by atoms with E-state index in [1.807, 2.05) is 16.8 Å². The van der Waals surface area contributed by atoms with Crippen molar-refractivity contribution in [2.75, 3.05) is 7.11 Å². The number of thiophene rings is 1. The molecular formula is C15H12F3NO3S. The van der Waals surface area contributed by atoms with E-state index in [1.54, 1.807) is 17.4 Å². The van der Waals surface area contributed by atoms with Crippen molar-refractivity contribution in [2.45, 2.75) is 12.2 Å². The fraction of sp³-hybridized carbons (Fsp3) is 0.200. The maximum atomic E-state index is 12.8. The predicted molar refractivity (Wildman–Crippen MR) is 79.1 cm³/mol. The fourth-order valence-corrected chi connectivity index (χ4v) is 2.51. The number of esters is 1. The summed E-state index contributed by atoms with van der Waals surface area (Å²) in [5.41, 5.74) is 1.80. The average molecular weight is 343 g/mol. The monoisotopic (exact) mass is 343 g/mol. The summed E-state index contributed by atoms with van der Waals surface area (Å²) in [7, 11) is 0.822. The highest BCUT2D eigenvalue weighted by atomic mass is 32.1. The van der Waals surface area contributed by atoms with E-state index >= 15 is 0 Å². The summed E-state index contributed by atoms with van der Waals surface area (Å²) in [6.45, 7) is 0. The maximum absolute atomic E-state index is 12.8. The first-order valence-electron chi connectivity index (χ1n) is 6.41. The van der Waals surface area contributed by atoms with Crippen LogP contribution in [0.25, 0.3) is 11.1 Å². The average Bonchev–Trinajstić information content (AvgIpc) is 3.05. The van der Waals surface area contributed by atoms with Crippen LogP contribution in [0.5, 0.6) is 0 Å². The zero-order valence-electron chi connectivity index (χ0n) is 11.9. The van der Waals surface area contributed by atoms with E-state index in [2.05, 4.69) is 4.74 Å². The van der Waals surface area contributed by atoms with Crippen molar-refractivity contribution < 1.29 is 27.5 Å². The molecule has 0 radical (unpaired) electrons. The van der Waals surface area contributed by atoms with Gasteiger partial charge in [-0.15, -0.1) is 0 Å². The number of alkyl halides is 3. The van der Waals surface area contributed by atoms with Crippen LogP contribution in [-0.4, -0.2) is 31.2 Å². The lowest BCUT2D eigenvalue weighted by atomic mass is 10.1. The molecule has 0 fully saturated rings. The van der Waals surface area contributed by atoms with Gasteiger partial charge in [-0.1, -0.05) is 12.1 Å². The summed E-state index contributed by atoms with van der Waals surface area (Å²) < 4.78 is 42.4. The first-order chi connectivity index (χ1) is 10.8. The Hall–Kier alpha value is -2.35. The van der Waals surface area contributed by atoms with Crippen molar-refractivity contribution in [1.29, 1.82) is 0 Å². The molecule has 0 aliphatic heterocycles. The number of hydrogen-bond donors (Lipinski definition) is 1. The number of halogens is 3. The Balaban J connectivity index is 2.15. The molecule has 0 spiro atoms. The third-order valence-electron chi connectivity index (χ3n) is 3.04. The molecule has 0 saturated carbocycles. The predicted octanol–water partition coefficient (Wildman–Crippen LogP) is 3.25. The summed E-state index contributed by atoms with van der Waals surface area (Å²) in [6.07, 6.45) is -4.93. The number of amides is 1. The van der Waals surface area contributed by atoms with E-state index in [4.69, 9.17) is 0 Å². The Morgan fingerprint density at radius 2 is 1.78 bits per heavy atom. The van der Waals surface area contributed by atoms with E-state index in [9.17, 15) is 22.8 Å². The smallest absolute Gasteiger partial charge is 0.419 e. The molecule has 1 heterocycles. The molecule has 1 N–H and O–H groups in total. The number of hydrogen-bond acceptors (Lipinski definition) is 4. The van der Waals surface area contributed by atoms with Crippen LogP contribution in [0.15, 0.2) is 41.1 Å². The molecule has 1 aromatic carbocycles. The summed E-state index contributed by atoms with van der Waals surface area (Å²) in [5.74, 6) is -2.57. The molecule has 1 unspecified atom stereocenters. The largest absolute Gasteiger partial charge is 0.467 e. The lowest BCUT2D eigenvalue weighted by Crippen LogP contribution is -2.51. The van der Waals surface area contributed by atoms with Gasteiger partial charge < -0.3 is 10.1 Å². The second kappa shape index (κ2) is 6.82. The molecule has 1 amide bonds. The first kappa shape index (κ1) is 17.0. The molecule has 1 aromatic heterocycles. The van der Waals surface area contributed by atoms with Gasteiger partial charge in [0.05, 0.1) is 7.11 Å². The summed E-state index contributed by atoms with van der Waals surface area (Å²) >= 11 is 1.51. The third kappa shape index (κ3) is 4.10. The van der Waals surface area contributed by atoms with Crippen molar-refractivity contribution in [1.82, 2.24) is 5.32 Å². The Morgan fingerprint density at radius 1 is 1.13 bits per heavy atom. The first-order valence-corrected chi connectivity index (χ1v) is 7.35. The number of benzene rings is 1. The van der Waals surface area contributed by atoms with Crippen molar-refractivity contribution in [3.63, 3.8) is 0 Å². The standard InChI is InChI=1S/C15H12F3NO3S/c1-22-14(21)12(15(16,17)18)19-13(20)10-4-2-9(3-5-10)11-6-7-23-8-11/h2-8,12H,1H3,(H,19,20). The number of nitrogens with one attached hydrogen (secondary N) is 1. The molecule has 122 valence electrons. The molecule has 4 nitrogen and oxygen atoms in total. The molecule has 0 saturated heterocycles. The highest BCUT2D eigenvalue weighted by Crippen LogP contribution is 2.23. The van der Waals surface area contributed by atoms with Crippen molar-refractivity contribution in [3.05, 3.63) is 46.7 Å². The molecule has 1 atom stereocenters. The van der Waals surface area contributed by atoms with Gasteiger partial charge in [0.2, 0.25) is 6.04 Å². The van der Waals surface area contributed by atoms with Crippen LogP contribution in [0, 0.1) is 0 Å². The van der Waals surface area contributed by atoms with Crippen LogP contribution in [0.4, 0.5) is 13.2 Å². The van der Waals surface area contributed by atoms with E-state index < -0.39 is 24.1 Å². The van der Waals surface area contributed by atoms with Gasteiger partial charge in [0.15, 0.2) is 0 Å². The lowest BCUT2D eigenvalue weighted by Gasteiger charge is -2.19. The highest BCUT2D eigenvalue weighted by molar-refractivity contribution is 7.08. The van der Waals surface area contributed by atoms with Crippen molar-refractivity contribution in [3.8, 4) is 11.1 Å². The number of carbonyl (C=O) groups excluding carboxylic acids is 2. The molecule has 23 heavy (non-hydrogen) atoms. The summed E-state index contributed by atoms with van der Waals surface area (Å²) in [6, 6.07) is 5.23. The Kier molecular flexibility index (Phi) is 5.05. The van der Waals surface area contributed by atoms with Gasteiger partial charge in [-0.25, -0.2) is 4.79 Å². The quantitative estimate of drug-likeness (QED) is 0.867. The second-order valence-corrected chi connectivity index (χ2v) is 5.34. The lowest BCUT2D eigenvalue weighted by molar-refractivity contribution is -0.180.